The minimum absolute atomic E-state index is 0.541. The van der Waals surface area contributed by atoms with Crippen LogP contribution in [0.3, 0.4) is 0 Å². The molecule has 2 aliphatic rings. The number of halogens is 1. The third kappa shape index (κ3) is 1.29. The molecule has 0 saturated heterocycles. The van der Waals surface area contributed by atoms with Gasteiger partial charge in [0, 0.05) is 17.5 Å². The van der Waals surface area contributed by atoms with E-state index in [-0.39, 0.29) is 0 Å². The maximum absolute atomic E-state index is 2.40. The smallest absolute Gasteiger partial charge is 0.0643 e. The van der Waals surface area contributed by atoms with E-state index in [0.29, 0.717) is 11.8 Å². The lowest BCUT2D eigenvalue weighted by Gasteiger charge is -2.26. The third-order valence-electron chi connectivity index (χ3n) is 3.72. The van der Waals surface area contributed by atoms with Gasteiger partial charge in [0.15, 0.2) is 0 Å². The fourth-order valence-corrected chi connectivity index (χ4v) is 3.48. The maximum atomic E-state index is 2.40. The van der Waals surface area contributed by atoms with Crippen LogP contribution in [0.15, 0.2) is 30.4 Å². The van der Waals surface area contributed by atoms with Crippen molar-refractivity contribution in [2.45, 2.75) is 19.8 Å². The summed E-state index contributed by atoms with van der Waals surface area (Å²) in [6.45, 7) is 4.44. The molecule has 1 aromatic heterocycles. The van der Waals surface area contributed by atoms with Crippen LogP contribution in [0.5, 0.6) is 0 Å². The van der Waals surface area contributed by atoms with Gasteiger partial charge in [-0.2, -0.15) is 0 Å². The molecule has 2 aliphatic carbocycles. The Labute approximate surface area is 110 Å². The Hall–Kier alpha value is -0.770. The number of allylic oxidation sites excluding steroid dienone is 5. The quantitative estimate of drug-likeness (QED) is 0.632. The molecule has 82 valence electrons. The molecule has 1 aromatic rings. The minimum atomic E-state index is 0.541. The van der Waals surface area contributed by atoms with E-state index in [9.17, 15) is 0 Å². The Morgan fingerprint density at radius 1 is 1.12 bits per heavy atom. The third-order valence-corrected chi connectivity index (χ3v) is 4.96. The fourth-order valence-electron chi connectivity index (χ4n) is 2.70. The van der Waals surface area contributed by atoms with E-state index < -0.39 is 0 Å². The Morgan fingerprint density at radius 2 is 1.88 bits per heavy atom. The van der Waals surface area contributed by atoms with Gasteiger partial charge in [-0.25, -0.2) is 0 Å². The van der Waals surface area contributed by atoms with Crippen LogP contribution in [0.4, 0.5) is 0 Å². The molecule has 0 saturated carbocycles. The lowest BCUT2D eigenvalue weighted by Crippen LogP contribution is -2.13. The first-order valence-electron chi connectivity index (χ1n) is 5.61. The van der Waals surface area contributed by atoms with E-state index in [1.807, 2.05) is 0 Å². The highest BCUT2D eigenvalue weighted by molar-refractivity contribution is 14.1. The molecule has 2 unspecified atom stereocenters. The van der Waals surface area contributed by atoms with E-state index in [1.54, 1.807) is 0 Å². The first-order valence-corrected chi connectivity index (χ1v) is 6.58. The highest BCUT2D eigenvalue weighted by atomic mass is 127. The second kappa shape index (κ2) is 3.62. The predicted molar refractivity (Wildman–Crippen MR) is 76.9 cm³/mol. The first-order chi connectivity index (χ1) is 7.70. The molecule has 2 heteroatoms. The van der Waals surface area contributed by atoms with Crippen molar-refractivity contribution in [2.24, 2.45) is 5.92 Å². The van der Waals surface area contributed by atoms with E-state index >= 15 is 0 Å². The summed E-state index contributed by atoms with van der Waals surface area (Å²) >= 11 is 2.40. The molecule has 0 aliphatic heterocycles. The molecular formula is C14H14IN. The Bertz CT molecular complexity index is 531. The summed E-state index contributed by atoms with van der Waals surface area (Å²) in [6.07, 6.45) is 13.5. The molecule has 0 aromatic carbocycles. The number of hydrogen-bond acceptors (Lipinski definition) is 0. The first kappa shape index (κ1) is 10.4. The largest absolute Gasteiger partial charge is 0.287 e. The van der Waals surface area contributed by atoms with Gasteiger partial charge < -0.3 is 0 Å². The van der Waals surface area contributed by atoms with E-state index in [0.717, 1.165) is 0 Å². The molecule has 0 radical (unpaired) electrons. The van der Waals surface area contributed by atoms with Crippen LogP contribution in [0.2, 0.25) is 0 Å². The van der Waals surface area contributed by atoms with Crippen LogP contribution < -0.4 is 0 Å². The van der Waals surface area contributed by atoms with E-state index in [2.05, 4.69) is 75.9 Å². The summed E-state index contributed by atoms with van der Waals surface area (Å²) in [6, 6.07) is 0. The molecule has 0 fully saturated rings. The van der Waals surface area contributed by atoms with Gasteiger partial charge in [0.2, 0.25) is 0 Å². The summed E-state index contributed by atoms with van der Waals surface area (Å²) < 4.78 is 2.28. The molecular weight excluding hydrogens is 309 g/mol. The number of nitrogens with zero attached hydrogens (tertiary/aromatic N) is 1. The highest BCUT2D eigenvalue weighted by Crippen LogP contribution is 2.42. The van der Waals surface area contributed by atoms with Gasteiger partial charge in [0.25, 0.3) is 0 Å². The second-order valence-electron chi connectivity index (χ2n) is 4.52. The second-order valence-corrected chi connectivity index (χ2v) is 5.49. The Balaban J connectivity index is 2.24. The molecule has 0 N–H and O–H groups in total. The van der Waals surface area contributed by atoms with Crippen molar-refractivity contribution >= 4 is 28.9 Å². The van der Waals surface area contributed by atoms with Gasteiger partial charge in [0.1, 0.15) is 0 Å². The molecule has 0 amide bonds. The number of fused-ring (bicyclic) bond motifs is 3. The summed E-state index contributed by atoms with van der Waals surface area (Å²) in [5.74, 6) is 1.09. The summed E-state index contributed by atoms with van der Waals surface area (Å²) in [4.78, 5) is 0. The number of aromatic nitrogens is 1. The average Bonchev–Trinajstić information content (AvgIpc) is 2.55. The standard InChI is InChI=1S/C14H14IN/c1-9-10(2)16(15)13-8-7-11-5-3-4-6-12(11)14(9)13/h3-8,11-12H,1-2H3. The van der Waals surface area contributed by atoms with Gasteiger partial charge >= 0.3 is 0 Å². The zero-order chi connectivity index (χ0) is 11.3. The SMILES string of the molecule is Cc1c2c(n(I)c1C)C=CC1C=CC=CC21. The van der Waals surface area contributed by atoms with Gasteiger partial charge in [-0.05, 0) is 31.1 Å². The zero-order valence-electron chi connectivity index (χ0n) is 9.44. The lowest BCUT2D eigenvalue weighted by molar-refractivity contribution is 0.688. The van der Waals surface area contributed by atoms with Crippen molar-refractivity contribution in [2.75, 3.05) is 0 Å². The molecule has 0 spiro atoms. The van der Waals surface area contributed by atoms with Gasteiger partial charge in [-0.3, -0.25) is 2.78 Å². The van der Waals surface area contributed by atoms with Crippen LogP contribution in [0.25, 0.3) is 6.08 Å². The van der Waals surface area contributed by atoms with Crippen molar-refractivity contribution in [3.8, 4) is 0 Å². The zero-order valence-corrected chi connectivity index (χ0v) is 11.6. The summed E-state index contributed by atoms with van der Waals surface area (Å²) in [5.41, 5.74) is 5.71. The number of hydrogen-bond donors (Lipinski definition) is 0. The van der Waals surface area contributed by atoms with Crippen LogP contribution >= 0.6 is 22.9 Å². The van der Waals surface area contributed by atoms with Crippen LogP contribution in [-0.4, -0.2) is 2.78 Å². The molecule has 0 bridgehead atoms. The fraction of sp³-hybridized carbons (Fsp3) is 0.286. The lowest BCUT2D eigenvalue weighted by atomic mass is 9.78. The van der Waals surface area contributed by atoms with Crippen molar-refractivity contribution < 1.29 is 0 Å². The minimum Gasteiger partial charge on any atom is -0.287 e. The van der Waals surface area contributed by atoms with Crippen LogP contribution in [-0.2, 0) is 0 Å². The molecule has 1 nitrogen and oxygen atoms in total. The van der Waals surface area contributed by atoms with Crippen molar-refractivity contribution in [3.63, 3.8) is 0 Å². The normalized spacial score (nSPS) is 25.7. The molecule has 16 heavy (non-hydrogen) atoms. The molecule has 3 rings (SSSR count). The van der Waals surface area contributed by atoms with Gasteiger partial charge in [0.05, 0.1) is 28.6 Å². The summed E-state index contributed by atoms with van der Waals surface area (Å²) in [7, 11) is 0. The van der Waals surface area contributed by atoms with E-state index in [1.165, 1.54) is 22.5 Å². The van der Waals surface area contributed by atoms with Gasteiger partial charge in [-0.15, -0.1) is 0 Å². The molecule has 1 heterocycles. The van der Waals surface area contributed by atoms with Crippen LogP contribution in [0.1, 0.15) is 28.4 Å². The maximum Gasteiger partial charge on any atom is 0.0643 e. The van der Waals surface area contributed by atoms with Crippen LogP contribution in [0, 0.1) is 19.8 Å². The summed E-state index contributed by atoms with van der Waals surface area (Å²) in [5, 5.41) is 0. The molecule has 2 atom stereocenters. The monoisotopic (exact) mass is 323 g/mol. The topological polar surface area (TPSA) is 4.93 Å². The van der Waals surface area contributed by atoms with Gasteiger partial charge in [-0.1, -0.05) is 30.4 Å². The van der Waals surface area contributed by atoms with Crippen molar-refractivity contribution in [1.82, 2.24) is 2.78 Å². The Morgan fingerprint density at radius 3 is 2.69 bits per heavy atom. The highest BCUT2D eigenvalue weighted by Gasteiger charge is 2.29. The predicted octanol–water partition coefficient (Wildman–Crippen LogP) is 4.16. The number of rotatable bonds is 0. The van der Waals surface area contributed by atoms with Crippen molar-refractivity contribution in [1.29, 1.82) is 0 Å². The average molecular weight is 323 g/mol. The Kier molecular flexibility index (Phi) is 2.35. The van der Waals surface area contributed by atoms with E-state index in [4.69, 9.17) is 0 Å². The van der Waals surface area contributed by atoms with Crippen molar-refractivity contribution in [3.05, 3.63) is 52.9 Å².